The fourth-order valence-electron chi connectivity index (χ4n) is 4.87. The summed E-state index contributed by atoms with van der Waals surface area (Å²) in [5, 5.41) is 7.72. The number of halogens is 1. The lowest BCUT2D eigenvalue weighted by Crippen LogP contribution is -2.39. The molecule has 6 rings (SSSR count). The molecule has 0 aromatic carbocycles. The molecule has 0 spiro atoms. The maximum Gasteiger partial charge on any atom is 0.242 e. The second-order valence-electron chi connectivity index (χ2n) is 8.76. The van der Waals surface area contributed by atoms with Crippen LogP contribution >= 0.6 is 11.6 Å². The summed E-state index contributed by atoms with van der Waals surface area (Å²) in [4.78, 5) is 36.4. The summed E-state index contributed by atoms with van der Waals surface area (Å²) in [5.74, 6) is 0.831. The Morgan fingerprint density at radius 3 is 2.82 bits per heavy atom. The Kier molecular flexibility index (Phi) is 4.73. The van der Waals surface area contributed by atoms with Gasteiger partial charge in [-0.1, -0.05) is 24.9 Å². The van der Waals surface area contributed by atoms with Crippen LogP contribution in [0.25, 0.3) is 17.2 Å². The van der Waals surface area contributed by atoms with Crippen molar-refractivity contribution in [1.29, 1.82) is 0 Å². The van der Waals surface area contributed by atoms with Gasteiger partial charge >= 0.3 is 0 Å². The number of amides is 1. The standard InChI is InChI=1S/C23H22ClN9O/c1-2-3-4-14-21-27-11-28-33(21)10-15(29-14)19-30-18(25)17-20(31-19)32-22(34)23(17,12-5-6-12)16-8-7-13(24)9-26-16/h7-12H,2-6H2,1H3,(H3,25,30,31,32,34). The summed E-state index contributed by atoms with van der Waals surface area (Å²) in [6.07, 6.45) is 9.32. The van der Waals surface area contributed by atoms with E-state index in [0.29, 0.717) is 39.3 Å². The van der Waals surface area contributed by atoms with Crippen molar-refractivity contribution in [1.82, 2.24) is 34.5 Å². The van der Waals surface area contributed by atoms with E-state index in [-0.39, 0.29) is 17.6 Å². The number of aromatic nitrogens is 7. The smallest absolute Gasteiger partial charge is 0.242 e. The van der Waals surface area contributed by atoms with E-state index in [9.17, 15) is 4.79 Å². The van der Waals surface area contributed by atoms with Crippen LogP contribution in [0, 0.1) is 5.92 Å². The van der Waals surface area contributed by atoms with Gasteiger partial charge in [-0.05, 0) is 43.7 Å². The normalized spacial score (nSPS) is 19.4. The second-order valence-corrected chi connectivity index (χ2v) is 9.20. The van der Waals surface area contributed by atoms with Gasteiger partial charge in [-0.25, -0.2) is 24.5 Å². The van der Waals surface area contributed by atoms with Crippen LogP contribution in [0.2, 0.25) is 5.02 Å². The van der Waals surface area contributed by atoms with Crippen LogP contribution in [0.4, 0.5) is 11.6 Å². The van der Waals surface area contributed by atoms with Crippen LogP contribution < -0.4 is 11.1 Å². The average molecular weight is 476 g/mol. The lowest BCUT2D eigenvalue weighted by Gasteiger charge is -2.27. The predicted octanol–water partition coefficient (Wildman–Crippen LogP) is 3.20. The van der Waals surface area contributed by atoms with Crippen LogP contribution in [-0.4, -0.2) is 40.4 Å². The molecule has 34 heavy (non-hydrogen) atoms. The van der Waals surface area contributed by atoms with Crippen LogP contribution in [0.3, 0.4) is 0 Å². The first-order valence-corrected chi connectivity index (χ1v) is 11.7. The number of rotatable bonds is 6. The number of hydrogen-bond acceptors (Lipinski definition) is 8. The van der Waals surface area contributed by atoms with Crippen molar-refractivity contribution < 1.29 is 4.79 Å². The Hall–Kier alpha value is -3.66. The highest BCUT2D eigenvalue weighted by Gasteiger charge is 2.60. The molecule has 1 atom stereocenters. The molecule has 1 saturated carbocycles. The Morgan fingerprint density at radius 2 is 2.09 bits per heavy atom. The molecular formula is C23H22ClN9O. The number of aryl methyl sites for hydroxylation is 1. The third-order valence-electron chi connectivity index (χ3n) is 6.57. The molecule has 2 aliphatic rings. The SMILES string of the molecule is CCCCc1nc(-c2nc(N)c3c(n2)NC(=O)C3(c2ccc(Cl)cn2)C2CC2)cn2ncnc12. The molecule has 1 aliphatic carbocycles. The van der Waals surface area contributed by atoms with Crippen LogP contribution in [0.1, 0.15) is 49.6 Å². The van der Waals surface area contributed by atoms with E-state index in [2.05, 4.69) is 32.3 Å². The highest BCUT2D eigenvalue weighted by atomic mass is 35.5. The Morgan fingerprint density at radius 1 is 1.24 bits per heavy atom. The first-order valence-electron chi connectivity index (χ1n) is 11.3. The minimum Gasteiger partial charge on any atom is -0.383 e. The van der Waals surface area contributed by atoms with E-state index >= 15 is 0 Å². The Balaban J connectivity index is 1.50. The fourth-order valence-corrected chi connectivity index (χ4v) is 4.98. The lowest BCUT2D eigenvalue weighted by atomic mass is 9.74. The van der Waals surface area contributed by atoms with Crippen molar-refractivity contribution in [2.45, 2.75) is 44.4 Å². The minimum atomic E-state index is -1.03. The number of unbranched alkanes of at least 4 members (excludes halogenated alkanes) is 1. The molecule has 0 radical (unpaired) electrons. The van der Waals surface area contributed by atoms with E-state index in [4.69, 9.17) is 27.3 Å². The number of nitrogens with zero attached hydrogens (tertiary/aromatic N) is 7. The van der Waals surface area contributed by atoms with Gasteiger partial charge < -0.3 is 11.1 Å². The molecule has 5 heterocycles. The first kappa shape index (κ1) is 20.9. The number of nitrogen functional groups attached to an aromatic ring is 1. The zero-order chi connectivity index (χ0) is 23.4. The number of nitrogens with one attached hydrogen (secondary N) is 1. The largest absolute Gasteiger partial charge is 0.383 e. The Bertz CT molecular complexity index is 1430. The van der Waals surface area contributed by atoms with E-state index in [0.717, 1.165) is 37.8 Å². The monoisotopic (exact) mass is 475 g/mol. The third-order valence-corrected chi connectivity index (χ3v) is 6.79. The van der Waals surface area contributed by atoms with Crippen molar-refractivity contribution in [3.8, 4) is 11.5 Å². The topological polar surface area (TPSA) is 137 Å². The van der Waals surface area contributed by atoms with Gasteiger partial charge in [0, 0.05) is 6.20 Å². The van der Waals surface area contributed by atoms with Gasteiger partial charge in [0.2, 0.25) is 5.91 Å². The molecule has 4 aromatic rings. The molecule has 4 aromatic heterocycles. The quantitative estimate of drug-likeness (QED) is 0.433. The summed E-state index contributed by atoms with van der Waals surface area (Å²) >= 11 is 6.06. The van der Waals surface area contributed by atoms with Crippen LogP contribution in [-0.2, 0) is 16.6 Å². The number of nitrogens with two attached hydrogens (primary N) is 1. The molecule has 172 valence electrons. The van der Waals surface area contributed by atoms with Crippen molar-refractivity contribution >= 4 is 34.8 Å². The predicted molar refractivity (Wildman–Crippen MR) is 126 cm³/mol. The molecule has 11 heteroatoms. The summed E-state index contributed by atoms with van der Waals surface area (Å²) < 4.78 is 1.67. The van der Waals surface area contributed by atoms with Gasteiger partial charge in [0.05, 0.1) is 28.2 Å². The Labute approximate surface area is 200 Å². The van der Waals surface area contributed by atoms with E-state index in [1.165, 1.54) is 6.33 Å². The van der Waals surface area contributed by atoms with Gasteiger partial charge in [-0.3, -0.25) is 9.78 Å². The highest BCUT2D eigenvalue weighted by Crippen LogP contribution is 2.57. The summed E-state index contributed by atoms with van der Waals surface area (Å²) in [7, 11) is 0. The molecule has 1 aliphatic heterocycles. The molecule has 1 amide bonds. The van der Waals surface area contributed by atoms with Crippen molar-refractivity contribution in [2.24, 2.45) is 5.92 Å². The fraction of sp³-hybridized carbons (Fsp3) is 0.348. The maximum atomic E-state index is 13.5. The van der Waals surface area contributed by atoms with Crippen molar-refractivity contribution in [3.63, 3.8) is 0 Å². The molecular weight excluding hydrogens is 454 g/mol. The van der Waals surface area contributed by atoms with Crippen molar-refractivity contribution in [2.75, 3.05) is 11.1 Å². The van der Waals surface area contributed by atoms with Gasteiger partial charge in [-0.15, -0.1) is 0 Å². The number of fused-ring (bicyclic) bond motifs is 2. The van der Waals surface area contributed by atoms with Crippen molar-refractivity contribution in [3.05, 3.63) is 52.8 Å². The number of carbonyl (C=O) groups is 1. The second kappa shape index (κ2) is 7.69. The lowest BCUT2D eigenvalue weighted by molar-refractivity contribution is -0.120. The summed E-state index contributed by atoms with van der Waals surface area (Å²) in [5.41, 5.74) is 8.72. The number of carbonyl (C=O) groups excluding carboxylic acids is 1. The summed E-state index contributed by atoms with van der Waals surface area (Å²) in [6.45, 7) is 2.12. The van der Waals surface area contributed by atoms with Gasteiger partial charge in [-0.2, -0.15) is 5.10 Å². The third kappa shape index (κ3) is 3.05. The zero-order valence-electron chi connectivity index (χ0n) is 18.5. The summed E-state index contributed by atoms with van der Waals surface area (Å²) in [6, 6.07) is 3.52. The van der Waals surface area contributed by atoms with Crippen LogP contribution in [0.5, 0.6) is 0 Å². The van der Waals surface area contributed by atoms with Gasteiger partial charge in [0.15, 0.2) is 11.5 Å². The molecule has 0 bridgehead atoms. The average Bonchev–Trinajstić information content (AvgIpc) is 3.48. The maximum absolute atomic E-state index is 13.5. The molecule has 1 fully saturated rings. The van der Waals surface area contributed by atoms with Crippen LogP contribution in [0.15, 0.2) is 30.9 Å². The van der Waals surface area contributed by atoms with E-state index in [1.807, 2.05) is 0 Å². The number of hydrogen-bond donors (Lipinski definition) is 2. The number of pyridine rings is 1. The van der Waals surface area contributed by atoms with E-state index < -0.39 is 5.41 Å². The number of anilines is 2. The zero-order valence-corrected chi connectivity index (χ0v) is 19.2. The highest BCUT2D eigenvalue weighted by molar-refractivity contribution is 6.30. The van der Waals surface area contributed by atoms with Gasteiger partial charge in [0.1, 0.15) is 29.1 Å². The minimum absolute atomic E-state index is 0.0736. The van der Waals surface area contributed by atoms with E-state index in [1.54, 1.807) is 29.0 Å². The first-order chi connectivity index (χ1) is 16.5. The molecule has 0 saturated heterocycles. The molecule has 1 unspecified atom stereocenters. The molecule has 10 nitrogen and oxygen atoms in total. The van der Waals surface area contributed by atoms with Gasteiger partial charge in [0.25, 0.3) is 0 Å². The molecule has 3 N–H and O–H groups in total.